The first-order valence-electron chi connectivity index (χ1n) is 11.9. The fourth-order valence-corrected chi connectivity index (χ4v) is 6.67. The molecule has 202 valence electrons. The first kappa shape index (κ1) is 27.9. The Hall–Kier alpha value is -3.12. The molecular formula is C26H28ClN3O6S2. The number of fused-ring (bicyclic) bond motifs is 1. The third-order valence-corrected chi connectivity index (χ3v) is 9.33. The van der Waals surface area contributed by atoms with Crippen LogP contribution in [0.5, 0.6) is 5.75 Å². The quantitative estimate of drug-likeness (QED) is 0.375. The number of ether oxygens (including phenoxy) is 1. The topological polar surface area (TPSA) is 122 Å². The highest BCUT2D eigenvalue weighted by Gasteiger charge is 2.31. The van der Waals surface area contributed by atoms with Crippen molar-refractivity contribution in [3.63, 3.8) is 0 Å². The summed E-state index contributed by atoms with van der Waals surface area (Å²) in [4.78, 5) is 12.7. The monoisotopic (exact) mass is 577 g/mol. The molecule has 1 aliphatic heterocycles. The van der Waals surface area contributed by atoms with E-state index in [0.29, 0.717) is 41.7 Å². The van der Waals surface area contributed by atoms with Crippen LogP contribution in [0.2, 0.25) is 5.02 Å². The van der Waals surface area contributed by atoms with Crippen LogP contribution in [0.15, 0.2) is 76.5 Å². The van der Waals surface area contributed by atoms with Gasteiger partial charge in [0.1, 0.15) is 5.75 Å². The van der Waals surface area contributed by atoms with E-state index in [4.69, 9.17) is 16.3 Å². The molecule has 0 saturated heterocycles. The van der Waals surface area contributed by atoms with E-state index >= 15 is 0 Å². The Labute approximate surface area is 227 Å². The molecule has 0 unspecified atom stereocenters. The smallest absolute Gasteiger partial charge is 0.264 e. The Kier molecular flexibility index (Phi) is 8.31. The molecule has 38 heavy (non-hydrogen) atoms. The summed E-state index contributed by atoms with van der Waals surface area (Å²) >= 11 is 5.90. The molecule has 3 aromatic carbocycles. The molecule has 0 fully saturated rings. The summed E-state index contributed by atoms with van der Waals surface area (Å²) in [7, 11) is -7.41. The number of nitrogens with one attached hydrogen (secondary N) is 2. The van der Waals surface area contributed by atoms with E-state index < -0.39 is 26.0 Å². The summed E-state index contributed by atoms with van der Waals surface area (Å²) in [5.74, 6) is 0.0509. The minimum absolute atomic E-state index is 0.103. The van der Waals surface area contributed by atoms with Gasteiger partial charge in [-0.3, -0.25) is 9.10 Å². The highest BCUT2D eigenvalue weighted by molar-refractivity contribution is 7.92. The average Bonchev–Trinajstić information content (AvgIpc) is 3.31. The van der Waals surface area contributed by atoms with Crippen LogP contribution in [0.25, 0.3) is 0 Å². The highest BCUT2D eigenvalue weighted by Crippen LogP contribution is 2.35. The number of hydrogen-bond donors (Lipinski definition) is 2. The Morgan fingerprint density at radius 1 is 0.974 bits per heavy atom. The van der Waals surface area contributed by atoms with Crippen molar-refractivity contribution in [3.05, 3.63) is 77.3 Å². The molecule has 0 radical (unpaired) electrons. The number of hydrogen-bond acceptors (Lipinski definition) is 6. The molecule has 1 amide bonds. The fraction of sp³-hybridized carbons (Fsp3) is 0.269. The van der Waals surface area contributed by atoms with Crippen molar-refractivity contribution in [2.45, 2.75) is 30.1 Å². The minimum Gasteiger partial charge on any atom is -0.484 e. The second-order valence-corrected chi connectivity index (χ2v) is 13.2. The summed E-state index contributed by atoms with van der Waals surface area (Å²) < 4.78 is 60.4. The van der Waals surface area contributed by atoms with E-state index in [9.17, 15) is 21.6 Å². The number of amides is 1. The minimum atomic E-state index is -3.79. The van der Waals surface area contributed by atoms with Crippen molar-refractivity contribution in [1.82, 2.24) is 4.72 Å². The SMILES string of the molecule is CC(C)CNS(=O)(=O)c1ccc(OCC(=O)Nc2ccc3c(c2)N(S(=O)(=O)c2ccc(Cl)cc2)CC3)cc1. The Bertz CT molecular complexity index is 1520. The predicted molar refractivity (Wildman–Crippen MR) is 147 cm³/mol. The third kappa shape index (κ3) is 6.47. The first-order chi connectivity index (χ1) is 18.0. The number of rotatable bonds is 10. The molecule has 0 spiro atoms. The van der Waals surface area contributed by atoms with Crippen molar-refractivity contribution in [3.8, 4) is 5.75 Å². The number of carbonyl (C=O) groups excluding carboxylic acids is 1. The summed E-state index contributed by atoms with van der Waals surface area (Å²) in [6, 6.07) is 16.9. The molecule has 1 heterocycles. The second kappa shape index (κ2) is 11.3. The molecule has 0 saturated carbocycles. The lowest BCUT2D eigenvalue weighted by molar-refractivity contribution is -0.118. The summed E-state index contributed by atoms with van der Waals surface area (Å²) in [5, 5.41) is 3.16. The van der Waals surface area contributed by atoms with Crippen molar-refractivity contribution in [2.75, 3.05) is 29.3 Å². The molecule has 4 rings (SSSR count). The maximum absolute atomic E-state index is 13.2. The van der Waals surface area contributed by atoms with Gasteiger partial charge in [-0.2, -0.15) is 0 Å². The average molecular weight is 578 g/mol. The van der Waals surface area contributed by atoms with Gasteiger partial charge in [-0.1, -0.05) is 31.5 Å². The van der Waals surface area contributed by atoms with Gasteiger partial charge in [-0.05, 0) is 78.6 Å². The van der Waals surface area contributed by atoms with Gasteiger partial charge in [-0.15, -0.1) is 0 Å². The van der Waals surface area contributed by atoms with Crippen molar-refractivity contribution in [1.29, 1.82) is 0 Å². The van der Waals surface area contributed by atoms with Gasteiger partial charge in [-0.25, -0.2) is 21.6 Å². The molecule has 0 aliphatic carbocycles. The van der Waals surface area contributed by atoms with Gasteiger partial charge in [0, 0.05) is 23.8 Å². The van der Waals surface area contributed by atoms with E-state index in [1.54, 1.807) is 18.2 Å². The number of benzene rings is 3. The summed E-state index contributed by atoms with van der Waals surface area (Å²) in [5.41, 5.74) is 1.78. The van der Waals surface area contributed by atoms with Crippen LogP contribution >= 0.6 is 11.6 Å². The molecule has 3 aromatic rings. The Balaban J connectivity index is 1.39. The zero-order chi connectivity index (χ0) is 27.5. The number of halogens is 1. The lowest BCUT2D eigenvalue weighted by Crippen LogP contribution is -2.29. The van der Waals surface area contributed by atoms with Crippen LogP contribution in [0.4, 0.5) is 11.4 Å². The molecule has 2 N–H and O–H groups in total. The van der Waals surface area contributed by atoms with Gasteiger partial charge in [0.05, 0.1) is 15.5 Å². The maximum Gasteiger partial charge on any atom is 0.264 e. The van der Waals surface area contributed by atoms with Crippen LogP contribution in [0, 0.1) is 5.92 Å². The maximum atomic E-state index is 13.2. The van der Waals surface area contributed by atoms with E-state index in [0.717, 1.165) is 5.56 Å². The van der Waals surface area contributed by atoms with Crippen molar-refractivity contribution >= 4 is 48.9 Å². The number of sulfonamides is 2. The molecule has 0 aromatic heterocycles. The van der Waals surface area contributed by atoms with Gasteiger partial charge in [0.25, 0.3) is 15.9 Å². The van der Waals surface area contributed by atoms with Crippen LogP contribution < -0.4 is 19.1 Å². The number of anilines is 2. The van der Waals surface area contributed by atoms with Crippen LogP contribution in [-0.4, -0.2) is 42.4 Å². The lowest BCUT2D eigenvalue weighted by atomic mass is 10.1. The Morgan fingerprint density at radius 3 is 2.29 bits per heavy atom. The largest absolute Gasteiger partial charge is 0.484 e. The molecule has 1 aliphatic rings. The Morgan fingerprint density at radius 2 is 1.63 bits per heavy atom. The van der Waals surface area contributed by atoms with E-state index in [1.165, 1.54) is 52.8 Å². The van der Waals surface area contributed by atoms with Gasteiger partial charge >= 0.3 is 0 Å². The first-order valence-corrected chi connectivity index (χ1v) is 15.2. The zero-order valence-electron chi connectivity index (χ0n) is 20.8. The lowest BCUT2D eigenvalue weighted by Gasteiger charge is -2.20. The molecular weight excluding hydrogens is 550 g/mol. The van der Waals surface area contributed by atoms with E-state index in [2.05, 4.69) is 10.0 Å². The van der Waals surface area contributed by atoms with Crippen LogP contribution in [0.3, 0.4) is 0 Å². The van der Waals surface area contributed by atoms with E-state index in [-0.39, 0.29) is 22.3 Å². The predicted octanol–water partition coefficient (Wildman–Crippen LogP) is 4.04. The highest BCUT2D eigenvalue weighted by atomic mass is 35.5. The normalized spacial score (nSPS) is 13.4. The van der Waals surface area contributed by atoms with E-state index in [1.807, 2.05) is 13.8 Å². The molecule has 0 bridgehead atoms. The zero-order valence-corrected chi connectivity index (χ0v) is 23.2. The summed E-state index contributed by atoms with van der Waals surface area (Å²) in [6.45, 7) is 4.12. The molecule has 12 heteroatoms. The standard InChI is InChI=1S/C26H28ClN3O6S2/c1-18(2)16-28-37(32,33)23-11-7-22(8-12-23)36-17-26(31)29-21-6-3-19-13-14-30(25(19)15-21)38(34,35)24-9-4-20(27)5-10-24/h3-12,15,18,28H,13-14,16-17H2,1-2H3,(H,29,31). The number of carbonyl (C=O) groups is 1. The third-order valence-electron chi connectivity index (χ3n) is 5.81. The van der Waals surface area contributed by atoms with Gasteiger partial charge < -0.3 is 10.1 Å². The number of nitrogens with zero attached hydrogens (tertiary/aromatic N) is 1. The van der Waals surface area contributed by atoms with Crippen LogP contribution in [0.1, 0.15) is 19.4 Å². The van der Waals surface area contributed by atoms with Gasteiger partial charge in [0.15, 0.2) is 6.61 Å². The summed E-state index contributed by atoms with van der Waals surface area (Å²) in [6.07, 6.45) is 0.554. The van der Waals surface area contributed by atoms with Crippen LogP contribution in [-0.2, 0) is 31.3 Å². The van der Waals surface area contributed by atoms with Crippen molar-refractivity contribution in [2.24, 2.45) is 5.92 Å². The molecule has 9 nitrogen and oxygen atoms in total. The van der Waals surface area contributed by atoms with Crippen molar-refractivity contribution < 1.29 is 26.4 Å². The van der Waals surface area contributed by atoms with Gasteiger partial charge in [0.2, 0.25) is 10.0 Å². The molecule has 0 atom stereocenters. The fourth-order valence-electron chi connectivity index (χ4n) is 3.83. The second-order valence-electron chi connectivity index (χ2n) is 9.18.